The summed E-state index contributed by atoms with van der Waals surface area (Å²) < 4.78 is 0. The molecule has 0 fully saturated rings. The van der Waals surface area contributed by atoms with Crippen molar-refractivity contribution in [1.82, 2.24) is 0 Å². The van der Waals surface area contributed by atoms with E-state index < -0.39 is 11.6 Å². The molecule has 1 aromatic rings. The van der Waals surface area contributed by atoms with E-state index in [-0.39, 0.29) is 5.75 Å². The SMILES string of the molecule is CC(C)(C)N(C(=O)O)c1cc2c(cc1O)CCC2. The number of amides is 1. The van der Waals surface area contributed by atoms with Gasteiger partial charge in [-0.2, -0.15) is 0 Å². The number of hydrogen-bond acceptors (Lipinski definition) is 2. The van der Waals surface area contributed by atoms with Gasteiger partial charge in [-0.25, -0.2) is 4.79 Å². The first-order valence-electron chi connectivity index (χ1n) is 6.18. The lowest BCUT2D eigenvalue weighted by Gasteiger charge is -2.33. The first-order chi connectivity index (χ1) is 8.30. The standard InChI is InChI=1S/C14H19NO3/c1-14(2,3)15(13(17)18)11-7-9-5-4-6-10(9)8-12(11)16/h7-8,16H,4-6H2,1-3H3,(H,17,18). The zero-order chi connectivity index (χ0) is 13.5. The van der Waals surface area contributed by atoms with Crippen LogP contribution >= 0.6 is 0 Å². The largest absolute Gasteiger partial charge is 0.506 e. The summed E-state index contributed by atoms with van der Waals surface area (Å²) in [5.74, 6) is 0.0491. The van der Waals surface area contributed by atoms with Crippen LogP contribution in [0.5, 0.6) is 5.75 Å². The fourth-order valence-electron chi connectivity index (χ4n) is 2.53. The van der Waals surface area contributed by atoms with Crippen LogP contribution in [0.25, 0.3) is 0 Å². The van der Waals surface area contributed by atoms with E-state index >= 15 is 0 Å². The Bertz CT molecular complexity index is 489. The molecule has 0 saturated heterocycles. The van der Waals surface area contributed by atoms with Crippen LogP contribution in [0.1, 0.15) is 38.3 Å². The highest BCUT2D eigenvalue weighted by molar-refractivity contribution is 5.90. The minimum atomic E-state index is -1.05. The van der Waals surface area contributed by atoms with Gasteiger partial charge in [0, 0.05) is 5.54 Å². The van der Waals surface area contributed by atoms with Crippen molar-refractivity contribution in [1.29, 1.82) is 0 Å². The monoisotopic (exact) mass is 249 g/mol. The zero-order valence-corrected chi connectivity index (χ0v) is 11.0. The van der Waals surface area contributed by atoms with Crippen LogP contribution in [0, 0.1) is 0 Å². The zero-order valence-electron chi connectivity index (χ0n) is 11.0. The van der Waals surface area contributed by atoms with Crippen LogP contribution in [0.3, 0.4) is 0 Å². The maximum absolute atomic E-state index is 11.4. The van der Waals surface area contributed by atoms with E-state index in [1.807, 2.05) is 26.8 Å². The second-order valence-corrected chi connectivity index (χ2v) is 5.75. The van der Waals surface area contributed by atoms with Gasteiger partial charge in [0.15, 0.2) is 0 Å². The summed E-state index contributed by atoms with van der Waals surface area (Å²) in [6, 6.07) is 3.52. The van der Waals surface area contributed by atoms with Crippen molar-refractivity contribution in [2.45, 2.75) is 45.6 Å². The number of nitrogens with zero attached hydrogens (tertiary/aromatic N) is 1. The van der Waals surface area contributed by atoms with Crippen LogP contribution in [-0.2, 0) is 12.8 Å². The normalized spacial score (nSPS) is 14.4. The Hall–Kier alpha value is -1.71. The molecule has 1 aliphatic carbocycles. The van der Waals surface area contributed by atoms with Gasteiger partial charge >= 0.3 is 6.09 Å². The molecule has 0 heterocycles. The van der Waals surface area contributed by atoms with Gasteiger partial charge in [0.05, 0.1) is 5.69 Å². The van der Waals surface area contributed by atoms with Crippen molar-refractivity contribution in [2.75, 3.05) is 4.90 Å². The summed E-state index contributed by atoms with van der Waals surface area (Å²) in [7, 11) is 0. The number of carboxylic acid groups (broad SMARTS) is 1. The summed E-state index contributed by atoms with van der Waals surface area (Å²) in [4.78, 5) is 12.6. The lowest BCUT2D eigenvalue weighted by atomic mass is 10.0. The quantitative estimate of drug-likeness (QED) is 0.803. The van der Waals surface area contributed by atoms with Crippen LogP contribution in [-0.4, -0.2) is 21.8 Å². The fourth-order valence-corrected chi connectivity index (χ4v) is 2.53. The number of phenolic OH excluding ortho intramolecular Hbond substituents is 1. The van der Waals surface area contributed by atoms with Gasteiger partial charge < -0.3 is 10.2 Å². The average molecular weight is 249 g/mol. The molecule has 0 atom stereocenters. The average Bonchev–Trinajstić information content (AvgIpc) is 2.62. The van der Waals surface area contributed by atoms with Gasteiger partial charge in [-0.1, -0.05) is 0 Å². The number of rotatable bonds is 1. The minimum absolute atomic E-state index is 0.0491. The van der Waals surface area contributed by atoms with E-state index in [4.69, 9.17) is 0 Å². The summed E-state index contributed by atoms with van der Waals surface area (Å²) >= 11 is 0. The summed E-state index contributed by atoms with van der Waals surface area (Å²) in [5.41, 5.74) is 2.08. The molecule has 4 nitrogen and oxygen atoms in total. The molecule has 18 heavy (non-hydrogen) atoms. The van der Waals surface area contributed by atoms with E-state index in [0.717, 1.165) is 30.4 Å². The number of fused-ring (bicyclic) bond motifs is 1. The molecular formula is C14H19NO3. The van der Waals surface area contributed by atoms with Crippen molar-refractivity contribution in [3.05, 3.63) is 23.3 Å². The molecule has 98 valence electrons. The highest BCUT2D eigenvalue weighted by atomic mass is 16.4. The van der Waals surface area contributed by atoms with E-state index in [1.54, 1.807) is 6.07 Å². The Kier molecular flexibility index (Phi) is 2.97. The van der Waals surface area contributed by atoms with E-state index in [2.05, 4.69) is 0 Å². The number of aryl methyl sites for hydroxylation is 2. The van der Waals surface area contributed by atoms with Gasteiger partial charge in [-0.15, -0.1) is 0 Å². The number of anilines is 1. The number of phenols is 1. The molecule has 1 amide bonds. The number of carbonyl (C=O) groups is 1. The molecular weight excluding hydrogens is 230 g/mol. The van der Waals surface area contributed by atoms with Crippen molar-refractivity contribution in [3.63, 3.8) is 0 Å². The van der Waals surface area contributed by atoms with E-state index in [0.29, 0.717) is 5.69 Å². The Labute approximate surface area is 107 Å². The number of hydrogen-bond donors (Lipinski definition) is 2. The van der Waals surface area contributed by atoms with Crippen LogP contribution in [0.2, 0.25) is 0 Å². The molecule has 0 saturated carbocycles. The Balaban J connectivity index is 2.52. The van der Waals surface area contributed by atoms with Crippen molar-refractivity contribution in [2.24, 2.45) is 0 Å². The highest BCUT2D eigenvalue weighted by Gasteiger charge is 2.31. The third-order valence-electron chi connectivity index (χ3n) is 3.29. The molecule has 1 aromatic carbocycles. The second-order valence-electron chi connectivity index (χ2n) is 5.75. The summed E-state index contributed by atoms with van der Waals surface area (Å²) in [6.07, 6.45) is 1.95. The first-order valence-corrected chi connectivity index (χ1v) is 6.18. The molecule has 0 aromatic heterocycles. The summed E-state index contributed by atoms with van der Waals surface area (Å²) in [6.45, 7) is 5.44. The van der Waals surface area contributed by atoms with Crippen LogP contribution in [0.4, 0.5) is 10.5 Å². The number of aromatic hydroxyl groups is 1. The molecule has 0 spiro atoms. The predicted octanol–water partition coefficient (Wildman–Crippen LogP) is 3.16. The molecule has 0 bridgehead atoms. The maximum Gasteiger partial charge on any atom is 0.412 e. The summed E-state index contributed by atoms with van der Waals surface area (Å²) in [5, 5.41) is 19.4. The van der Waals surface area contributed by atoms with Gasteiger partial charge in [0.2, 0.25) is 0 Å². The van der Waals surface area contributed by atoms with Gasteiger partial charge in [0.1, 0.15) is 5.75 Å². The lowest BCUT2D eigenvalue weighted by Crippen LogP contribution is -2.45. The fraction of sp³-hybridized carbons (Fsp3) is 0.500. The Morgan fingerprint density at radius 3 is 2.28 bits per heavy atom. The number of benzene rings is 1. The molecule has 0 unspecified atom stereocenters. The third-order valence-corrected chi connectivity index (χ3v) is 3.29. The third kappa shape index (κ3) is 2.15. The second kappa shape index (κ2) is 4.19. The van der Waals surface area contributed by atoms with Crippen LogP contribution < -0.4 is 4.90 Å². The van der Waals surface area contributed by atoms with Gasteiger partial charge in [0.25, 0.3) is 0 Å². The Morgan fingerprint density at radius 1 is 1.22 bits per heavy atom. The van der Waals surface area contributed by atoms with E-state index in [1.165, 1.54) is 4.90 Å². The smallest absolute Gasteiger partial charge is 0.412 e. The van der Waals surface area contributed by atoms with Crippen molar-refractivity contribution >= 4 is 11.8 Å². The lowest BCUT2D eigenvalue weighted by molar-refractivity contribution is 0.195. The molecule has 0 aliphatic heterocycles. The Morgan fingerprint density at radius 2 is 1.78 bits per heavy atom. The van der Waals surface area contributed by atoms with Crippen LogP contribution in [0.15, 0.2) is 12.1 Å². The van der Waals surface area contributed by atoms with Crippen molar-refractivity contribution < 1.29 is 15.0 Å². The molecule has 4 heteroatoms. The predicted molar refractivity (Wildman–Crippen MR) is 70.4 cm³/mol. The van der Waals surface area contributed by atoms with Gasteiger partial charge in [-0.3, -0.25) is 4.90 Å². The maximum atomic E-state index is 11.4. The first kappa shape index (κ1) is 12.7. The molecule has 2 rings (SSSR count). The van der Waals surface area contributed by atoms with E-state index in [9.17, 15) is 15.0 Å². The minimum Gasteiger partial charge on any atom is -0.506 e. The highest BCUT2D eigenvalue weighted by Crippen LogP contribution is 2.37. The van der Waals surface area contributed by atoms with Crippen molar-refractivity contribution in [3.8, 4) is 5.75 Å². The topological polar surface area (TPSA) is 60.8 Å². The molecule has 0 radical (unpaired) electrons. The molecule has 1 aliphatic rings. The molecule has 2 N–H and O–H groups in total. The van der Waals surface area contributed by atoms with Gasteiger partial charge in [-0.05, 0) is 63.3 Å².